The number of nitrogens with zero attached hydrogens (tertiary/aromatic N) is 2. The third kappa shape index (κ3) is 5.02. The number of carbonyl (C=O) groups excluding carboxylic acids is 1. The van der Waals surface area contributed by atoms with E-state index < -0.39 is 5.60 Å². The minimum atomic E-state index is -0.441. The number of likely N-dealkylation sites (tertiary alicyclic amines) is 1. The van der Waals surface area contributed by atoms with Gasteiger partial charge in [0.2, 0.25) is 0 Å². The first kappa shape index (κ1) is 16.8. The molecule has 1 fully saturated rings. The summed E-state index contributed by atoms with van der Waals surface area (Å²) in [6.45, 7) is 8.65. The molecular formula is C18H28N2O2. The van der Waals surface area contributed by atoms with Crippen molar-refractivity contribution in [3.05, 3.63) is 35.9 Å². The molecule has 0 bridgehead atoms. The fourth-order valence-electron chi connectivity index (χ4n) is 2.82. The summed E-state index contributed by atoms with van der Waals surface area (Å²) >= 11 is 0. The molecule has 0 unspecified atom stereocenters. The molecule has 1 saturated heterocycles. The predicted molar refractivity (Wildman–Crippen MR) is 88.7 cm³/mol. The number of rotatable bonds is 3. The third-order valence-corrected chi connectivity index (χ3v) is 3.96. The molecule has 1 aromatic carbocycles. The van der Waals surface area contributed by atoms with Crippen molar-refractivity contribution in [2.45, 2.75) is 51.8 Å². The van der Waals surface area contributed by atoms with Crippen molar-refractivity contribution in [1.29, 1.82) is 0 Å². The lowest BCUT2D eigenvalue weighted by Crippen LogP contribution is -2.49. The Balaban J connectivity index is 1.91. The summed E-state index contributed by atoms with van der Waals surface area (Å²) in [5.74, 6) is 0. The highest BCUT2D eigenvalue weighted by Gasteiger charge is 2.29. The number of piperidine rings is 1. The van der Waals surface area contributed by atoms with Gasteiger partial charge in [-0.25, -0.2) is 4.79 Å². The van der Waals surface area contributed by atoms with Crippen LogP contribution in [0.5, 0.6) is 0 Å². The Labute approximate surface area is 134 Å². The lowest BCUT2D eigenvalue weighted by molar-refractivity contribution is 0.0130. The number of hydrogen-bond acceptors (Lipinski definition) is 3. The van der Waals surface area contributed by atoms with E-state index in [2.05, 4.69) is 29.2 Å². The molecule has 1 atom stereocenters. The minimum absolute atomic E-state index is 0.223. The number of hydrogen-bond donors (Lipinski definition) is 0. The van der Waals surface area contributed by atoms with E-state index in [1.165, 1.54) is 5.56 Å². The molecule has 0 radical (unpaired) electrons. The summed E-state index contributed by atoms with van der Waals surface area (Å²) in [7, 11) is 1.85. The topological polar surface area (TPSA) is 32.8 Å². The Morgan fingerprint density at radius 2 is 2.00 bits per heavy atom. The first-order chi connectivity index (χ1) is 10.3. The number of amides is 1. The van der Waals surface area contributed by atoms with Gasteiger partial charge in [0.1, 0.15) is 5.60 Å². The number of benzene rings is 1. The van der Waals surface area contributed by atoms with E-state index in [-0.39, 0.29) is 12.1 Å². The summed E-state index contributed by atoms with van der Waals surface area (Å²) in [6, 6.07) is 10.7. The Bertz CT molecular complexity index is 482. The van der Waals surface area contributed by atoms with Crippen LogP contribution in [0.4, 0.5) is 4.79 Å². The Hall–Kier alpha value is -1.55. The van der Waals surface area contributed by atoms with Gasteiger partial charge in [0.25, 0.3) is 0 Å². The lowest BCUT2D eigenvalue weighted by Gasteiger charge is -2.38. The normalized spacial score (nSPS) is 19.7. The third-order valence-electron chi connectivity index (χ3n) is 3.96. The maximum atomic E-state index is 12.2. The van der Waals surface area contributed by atoms with Crippen LogP contribution in [0.25, 0.3) is 0 Å². The molecule has 1 amide bonds. The van der Waals surface area contributed by atoms with Crippen molar-refractivity contribution in [3.8, 4) is 0 Å². The van der Waals surface area contributed by atoms with Crippen LogP contribution in [0.15, 0.2) is 30.3 Å². The van der Waals surface area contributed by atoms with Crippen LogP contribution in [0.1, 0.15) is 39.2 Å². The van der Waals surface area contributed by atoms with Gasteiger partial charge in [-0.05, 0) is 45.7 Å². The van der Waals surface area contributed by atoms with Crippen LogP contribution in [0.2, 0.25) is 0 Å². The monoisotopic (exact) mass is 304 g/mol. The van der Waals surface area contributed by atoms with Gasteiger partial charge >= 0.3 is 6.09 Å². The van der Waals surface area contributed by atoms with Crippen molar-refractivity contribution in [2.75, 3.05) is 20.1 Å². The standard InChI is InChI=1S/C18H28N2O2/c1-18(2,3)22-17(21)19(4)16-11-8-12-20(14-16)13-15-9-6-5-7-10-15/h5-7,9-10,16H,8,11-14H2,1-4H3/t16-/m1/s1. The van der Waals surface area contributed by atoms with Crippen LogP contribution in [0, 0.1) is 0 Å². The van der Waals surface area contributed by atoms with Crippen LogP contribution < -0.4 is 0 Å². The average Bonchev–Trinajstić information content (AvgIpc) is 2.46. The van der Waals surface area contributed by atoms with Crippen LogP contribution >= 0.6 is 0 Å². The summed E-state index contributed by atoms with van der Waals surface area (Å²) in [6.07, 6.45) is 1.94. The Morgan fingerprint density at radius 1 is 1.32 bits per heavy atom. The summed E-state index contributed by atoms with van der Waals surface area (Å²) < 4.78 is 5.47. The van der Waals surface area contributed by atoms with E-state index in [0.29, 0.717) is 0 Å². The predicted octanol–water partition coefficient (Wildman–Crippen LogP) is 3.52. The quantitative estimate of drug-likeness (QED) is 0.856. The van der Waals surface area contributed by atoms with Gasteiger partial charge in [-0.3, -0.25) is 4.90 Å². The second-order valence-electron chi connectivity index (χ2n) is 7.11. The zero-order chi connectivity index (χ0) is 16.2. The molecular weight excluding hydrogens is 276 g/mol. The smallest absolute Gasteiger partial charge is 0.410 e. The molecule has 2 rings (SSSR count). The fraction of sp³-hybridized carbons (Fsp3) is 0.611. The summed E-state index contributed by atoms with van der Waals surface area (Å²) in [5.41, 5.74) is 0.882. The molecule has 0 N–H and O–H groups in total. The molecule has 0 aliphatic carbocycles. The molecule has 1 aliphatic rings. The lowest BCUT2D eigenvalue weighted by atomic mass is 10.0. The zero-order valence-electron chi connectivity index (χ0n) is 14.2. The van der Waals surface area contributed by atoms with Gasteiger partial charge in [-0.2, -0.15) is 0 Å². The van der Waals surface area contributed by atoms with Crippen molar-refractivity contribution >= 4 is 6.09 Å². The van der Waals surface area contributed by atoms with Crippen LogP contribution in [-0.2, 0) is 11.3 Å². The Morgan fingerprint density at radius 3 is 2.64 bits per heavy atom. The van der Waals surface area contributed by atoms with E-state index in [0.717, 1.165) is 32.5 Å². The number of likely N-dealkylation sites (N-methyl/N-ethyl adjacent to an activating group) is 1. The second-order valence-corrected chi connectivity index (χ2v) is 7.11. The fourth-order valence-corrected chi connectivity index (χ4v) is 2.82. The molecule has 4 nitrogen and oxygen atoms in total. The number of carbonyl (C=O) groups is 1. The molecule has 1 heterocycles. The van der Waals surface area contributed by atoms with Crippen molar-refractivity contribution in [3.63, 3.8) is 0 Å². The molecule has 4 heteroatoms. The molecule has 22 heavy (non-hydrogen) atoms. The molecule has 0 saturated carbocycles. The summed E-state index contributed by atoms with van der Waals surface area (Å²) in [5, 5.41) is 0. The van der Waals surface area contributed by atoms with Gasteiger partial charge in [-0.15, -0.1) is 0 Å². The highest BCUT2D eigenvalue weighted by molar-refractivity contribution is 5.68. The highest BCUT2D eigenvalue weighted by atomic mass is 16.6. The van der Waals surface area contributed by atoms with E-state index in [9.17, 15) is 4.79 Å². The first-order valence-electron chi connectivity index (χ1n) is 8.07. The zero-order valence-corrected chi connectivity index (χ0v) is 14.2. The van der Waals surface area contributed by atoms with Crippen molar-refractivity contribution in [1.82, 2.24) is 9.80 Å². The van der Waals surface area contributed by atoms with Crippen molar-refractivity contribution in [2.24, 2.45) is 0 Å². The molecule has 1 aliphatic heterocycles. The maximum absolute atomic E-state index is 12.2. The van der Waals surface area contributed by atoms with E-state index in [1.54, 1.807) is 4.90 Å². The second kappa shape index (κ2) is 7.14. The largest absolute Gasteiger partial charge is 0.444 e. The van der Waals surface area contributed by atoms with Crippen LogP contribution in [-0.4, -0.2) is 47.7 Å². The van der Waals surface area contributed by atoms with E-state index in [4.69, 9.17) is 4.74 Å². The molecule has 0 aromatic heterocycles. The molecule has 122 valence electrons. The summed E-state index contributed by atoms with van der Waals surface area (Å²) in [4.78, 5) is 16.4. The van der Waals surface area contributed by atoms with Crippen molar-refractivity contribution < 1.29 is 9.53 Å². The SMILES string of the molecule is CN(C(=O)OC(C)(C)C)[C@@H]1CCCN(Cc2ccccc2)C1. The molecule has 0 spiro atoms. The van der Waals surface area contributed by atoms with E-state index in [1.807, 2.05) is 33.9 Å². The first-order valence-corrected chi connectivity index (χ1v) is 8.07. The van der Waals surface area contributed by atoms with Gasteiger partial charge in [0.05, 0.1) is 0 Å². The molecule has 1 aromatic rings. The number of ether oxygens (including phenoxy) is 1. The maximum Gasteiger partial charge on any atom is 0.410 e. The minimum Gasteiger partial charge on any atom is -0.444 e. The highest BCUT2D eigenvalue weighted by Crippen LogP contribution is 2.19. The average molecular weight is 304 g/mol. The van der Waals surface area contributed by atoms with E-state index >= 15 is 0 Å². The van der Waals surface area contributed by atoms with Gasteiger partial charge in [0, 0.05) is 26.2 Å². The van der Waals surface area contributed by atoms with Gasteiger partial charge in [-0.1, -0.05) is 30.3 Å². The van der Waals surface area contributed by atoms with Gasteiger partial charge < -0.3 is 9.64 Å². The van der Waals surface area contributed by atoms with Gasteiger partial charge in [0.15, 0.2) is 0 Å². The Kier molecular flexibility index (Phi) is 5.46. The van der Waals surface area contributed by atoms with Crippen LogP contribution in [0.3, 0.4) is 0 Å².